The Kier molecular flexibility index (Phi) is 2.20. The lowest BCUT2D eigenvalue weighted by Crippen LogP contribution is -1.72. The predicted molar refractivity (Wildman–Crippen MR) is 55.4 cm³/mol. The van der Waals surface area contributed by atoms with Crippen LogP contribution in [-0.4, -0.2) is 0 Å². The van der Waals surface area contributed by atoms with Gasteiger partial charge in [-0.05, 0) is 34.7 Å². The molecule has 0 aliphatic rings. The Morgan fingerprint density at radius 1 is 1.00 bits per heavy atom. The van der Waals surface area contributed by atoms with Crippen molar-refractivity contribution in [3.05, 3.63) is 42.5 Å². The summed E-state index contributed by atoms with van der Waals surface area (Å²) in [6.45, 7) is 0. The Bertz CT molecular complexity index is 471. The van der Waals surface area contributed by atoms with Crippen LogP contribution < -0.4 is 0 Å². The zero-order chi connectivity index (χ0) is 9.10. The lowest BCUT2D eigenvalue weighted by molar-refractivity contribution is 1.51. The molecule has 0 saturated carbocycles. The lowest BCUT2D eigenvalue weighted by Gasteiger charge is -1.98. The molecule has 0 aliphatic heterocycles. The molecule has 0 N–H and O–H groups in total. The molecule has 0 saturated heterocycles. The van der Waals surface area contributed by atoms with Gasteiger partial charge in [-0.15, -0.1) is 0 Å². The number of hydrogen-bond donors (Lipinski definition) is 0. The van der Waals surface area contributed by atoms with Gasteiger partial charge in [0.05, 0.1) is 0 Å². The average Bonchev–Trinajstić information content (AvgIpc) is 2.18. The Morgan fingerprint density at radius 2 is 1.77 bits per heavy atom. The molecule has 0 atom stereocenters. The SMILES string of the molecule is N#CSc1ccc2ccccc2c1. The van der Waals surface area contributed by atoms with Crippen LogP contribution in [0.4, 0.5) is 0 Å². The standard InChI is InChI=1S/C11H7NS/c12-8-13-11-6-5-9-3-1-2-4-10(9)7-11/h1-7H. The fraction of sp³-hybridized carbons (Fsp3) is 0. The van der Waals surface area contributed by atoms with Gasteiger partial charge >= 0.3 is 0 Å². The van der Waals surface area contributed by atoms with Gasteiger partial charge in [0.15, 0.2) is 0 Å². The fourth-order valence-corrected chi connectivity index (χ4v) is 1.71. The summed E-state index contributed by atoms with van der Waals surface area (Å²) in [4.78, 5) is 1.00. The zero-order valence-corrected chi connectivity index (χ0v) is 7.71. The van der Waals surface area contributed by atoms with Gasteiger partial charge in [-0.2, -0.15) is 5.26 Å². The van der Waals surface area contributed by atoms with E-state index in [4.69, 9.17) is 5.26 Å². The number of rotatable bonds is 1. The number of benzene rings is 2. The summed E-state index contributed by atoms with van der Waals surface area (Å²) in [5.41, 5.74) is 0. The molecule has 0 aliphatic carbocycles. The molecule has 0 aromatic heterocycles. The first-order valence-corrected chi connectivity index (χ1v) is 4.76. The second kappa shape index (κ2) is 3.51. The maximum Gasteiger partial charge on any atom is 0.138 e. The second-order valence-electron chi connectivity index (χ2n) is 2.70. The summed E-state index contributed by atoms with van der Waals surface area (Å²) in [7, 11) is 0. The summed E-state index contributed by atoms with van der Waals surface area (Å²) in [6.07, 6.45) is 0. The van der Waals surface area contributed by atoms with Gasteiger partial charge in [-0.1, -0.05) is 30.3 Å². The third-order valence-corrected chi connectivity index (χ3v) is 2.47. The maximum atomic E-state index is 8.50. The Morgan fingerprint density at radius 3 is 2.54 bits per heavy atom. The number of thioether (sulfide) groups is 1. The lowest BCUT2D eigenvalue weighted by atomic mass is 10.1. The second-order valence-corrected chi connectivity index (χ2v) is 3.56. The molecular weight excluding hydrogens is 178 g/mol. The molecule has 0 spiro atoms. The van der Waals surface area contributed by atoms with Crippen molar-refractivity contribution < 1.29 is 0 Å². The van der Waals surface area contributed by atoms with Gasteiger partial charge in [-0.25, -0.2) is 0 Å². The van der Waals surface area contributed by atoms with Crippen molar-refractivity contribution in [1.29, 1.82) is 5.26 Å². The normalized spacial score (nSPS) is 9.77. The molecule has 2 rings (SSSR count). The molecular formula is C11H7NS. The van der Waals surface area contributed by atoms with Crippen molar-refractivity contribution in [2.75, 3.05) is 0 Å². The van der Waals surface area contributed by atoms with E-state index in [2.05, 4.69) is 17.5 Å². The van der Waals surface area contributed by atoms with Gasteiger partial charge in [0, 0.05) is 4.90 Å². The number of thiocyanates is 1. The molecule has 0 unspecified atom stereocenters. The molecule has 0 amide bonds. The van der Waals surface area contributed by atoms with Crippen LogP contribution in [0.2, 0.25) is 0 Å². The molecule has 0 radical (unpaired) electrons. The highest BCUT2D eigenvalue weighted by atomic mass is 32.2. The summed E-state index contributed by atoms with van der Waals surface area (Å²) in [6, 6.07) is 14.2. The molecule has 13 heavy (non-hydrogen) atoms. The molecule has 0 fully saturated rings. The number of hydrogen-bond acceptors (Lipinski definition) is 2. The molecule has 2 aromatic carbocycles. The highest BCUT2D eigenvalue weighted by Gasteiger charge is 1.94. The number of nitriles is 1. The van der Waals surface area contributed by atoms with E-state index < -0.39 is 0 Å². The van der Waals surface area contributed by atoms with Crippen LogP contribution in [0.3, 0.4) is 0 Å². The van der Waals surface area contributed by atoms with Crippen LogP contribution in [0.25, 0.3) is 10.8 Å². The topological polar surface area (TPSA) is 23.8 Å². The van der Waals surface area contributed by atoms with E-state index in [1.54, 1.807) is 0 Å². The molecule has 1 nitrogen and oxygen atoms in total. The Labute approximate surface area is 81.0 Å². The first-order valence-electron chi connectivity index (χ1n) is 3.95. The minimum Gasteiger partial charge on any atom is -0.185 e. The van der Waals surface area contributed by atoms with Crippen LogP contribution in [0.1, 0.15) is 0 Å². The first kappa shape index (κ1) is 8.15. The molecule has 62 valence electrons. The quantitative estimate of drug-likeness (QED) is 0.502. The Hall–Kier alpha value is -1.46. The smallest absolute Gasteiger partial charge is 0.138 e. The fourth-order valence-electron chi connectivity index (χ4n) is 1.28. The van der Waals surface area contributed by atoms with E-state index >= 15 is 0 Å². The molecule has 0 bridgehead atoms. The van der Waals surface area contributed by atoms with Crippen LogP contribution in [-0.2, 0) is 0 Å². The monoisotopic (exact) mass is 185 g/mol. The van der Waals surface area contributed by atoms with E-state index in [9.17, 15) is 0 Å². The minimum absolute atomic E-state index is 1.00. The van der Waals surface area contributed by atoms with Crippen LogP contribution >= 0.6 is 11.8 Å². The van der Waals surface area contributed by atoms with Crippen molar-refractivity contribution in [1.82, 2.24) is 0 Å². The van der Waals surface area contributed by atoms with Crippen LogP contribution in [0.5, 0.6) is 0 Å². The average molecular weight is 185 g/mol. The summed E-state index contributed by atoms with van der Waals surface area (Å²) in [5.74, 6) is 0. The van der Waals surface area contributed by atoms with Gasteiger partial charge in [0.2, 0.25) is 0 Å². The maximum absolute atomic E-state index is 8.50. The van der Waals surface area contributed by atoms with E-state index in [1.807, 2.05) is 30.3 Å². The number of fused-ring (bicyclic) bond motifs is 1. The summed E-state index contributed by atoms with van der Waals surface area (Å²) in [5, 5.41) is 13.0. The first-order chi connectivity index (χ1) is 6.40. The van der Waals surface area contributed by atoms with Gasteiger partial charge < -0.3 is 0 Å². The van der Waals surface area contributed by atoms with Gasteiger partial charge in [0.1, 0.15) is 5.40 Å². The molecule has 0 heterocycles. The van der Waals surface area contributed by atoms with Gasteiger partial charge in [0.25, 0.3) is 0 Å². The van der Waals surface area contributed by atoms with Crippen LogP contribution in [0, 0.1) is 10.7 Å². The zero-order valence-electron chi connectivity index (χ0n) is 6.90. The highest BCUT2D eigenvalue weighted by molar-refractivity contribution is 8.03. The molecule has 2 aromatic rings. The molecule has 2 heteroatoms. The van der Waals surface area contributed by atoms with E-state index in [0.29, 0.717) is 0 Å². The largest absolute Gasteiger partial charge is 0.185 e. The summed E-state index contributed by atoms with van der Waals surface area (Å²) < 4.78 is 0. The van der Waals surface area contributed by atoms with E-state index in [1.165, 1.54) is 22.5 Å². The minimum atomic E-state index is 1.00. The van der Waals surface area contributed by atoms with Crippen molar-refractivity contribution in [2.24, 2.45) is 0 Å². The third kappa shape index (κ3) is 1.66. The van der Waals surface area contributed by atoms with Gasteiger partial charge in [-0.3, -0.25) is 0 Å². The highest BCUT2D eigenvalue weighted by Crippen LogP contribution is 2.22. The summed E-state index contributed by atoms with van der Waals surface area (Å²) >= 11 is 1.20. The number of nitrogens with zero attached hydrogens (tertiary/aromatic N) is 1. The third-order valence-electron chi connectivity index (χ3n) is 1.88. The van der Waals surface area contributed by atoms with Crippen molar-refractivity contribution in [2.45, 2.75) is 4.90 Å². The van der Waals surface area contributed by atoms with Crippen molar-refractivity contribution >= 4 is 22.5 Å². The van der Waals surface area contributed by atoms with Crippen molar-refractivity contribution in [3.8, 4) is 5.40 Å². The van der Waals surface area contributed by atoms with Crippen LogP contribution in [0.15, 0.2) is 47.4 Å². The predicted octanol–water partition coefficient (Wildman–Crippen LogP) is 3.41. The van der Waals surface area contributed by atoms with E-state index in [0.717, 1.165) is 4.90 Å². The van der Waals surface area contributed by atoms with Crippen molar-refractivity contribution in [3.63, 3.8) is 0 Å². The van der Waals surface area contributed by atoms with E-state index in [-0.39, 0.29) is 0 Å². The Balaban J connectivity index is 2.57.